The number of aromatic nitrogens is 3. The summed E-state index contributed by atoms with van der Waals surface area (Å²) in [6.07, 6.45) is 2.80. The summed E-state index contributed by atoms with van der Waals surface area (Å²) in [5, 5.41) is 0.659. The molecule has 0 spiro atoms. The third-order valence-corrected chi connectivity index (χ3v) is 5.44. The van der Waals surface area contributed by atoms with Crippen LogP contribution >= 0.6 is 11.6 Å². The zero-order chi connectivity index (χ0) is 19.0. The van der Waals surface area contributed by atoms with Gasteiger partial charge in [0.05, 0.1) is 18.0 Å². The minimum atomic E-state index is -0.0526. The molecule has 1 amide bonds. The predicted molar refractivity (Wildman–Crippen MR) is 105 cm³/mol. The summed E-state index contributed by atoms with van der Waals surface area (Å²) in [5.74, 6) is 0.0695. The Labute approximate surface area is 162 Å². The van der Waals surface area contributed by atoms with Gasteiger partial charge >= 0.3 is 5.69 Å². The van der Waals surface area contributed by atoms with Crippen LogP contribution in [0.2, 0.25) is 5.02 Å². The van der Waals surface area contributed by atoms with Gasteiger partial charge in [-0.15, -0.1) is 0 Å². The third kappa shape index (κ3) is 3.25. The van der Waals surface area contributed by atoms with Crippen molar-refractivity contribution in [2.75, 3.05) is 13.1 Å². The Morgan fingerprint density at radius 1 is 1.26 bits per heavy atom. The Kier molecular flexibility index (Phi) is 4.74. The number of hydrogen-bond donors (Lipinski definition) is 0. The van der Waals surface area contributed by atoms with E-state index < -0.39 is 0 Å². The van der Waals surface area contributed by atoms with Gasteiger partial charge in [-0.2, -0.15) is 0 Å². The number of hydrogen-bond acceptors (Lipinski definition) is 3. The average molecular weight is 385 g/mol. The van der Waals surface area contributed by atoms with Crippen LogP contribution in [0.15, 0.2) is 47.4 Å². The number of nitrogens with zero attached hydrogens (tertiary/aromatic N) is 4. The van der Waals surface area contributed by atoms with E-state index in [0.29, 0.717) is 36.7 Å². The Balaban J connectivity index is 1.55. The molecule has 0 saturated carbocycles. The second-order valence-corrected chi connectivity index (χ2v) is 7.26. The van der Waals surface area contributed by atoms with Gasteiger partial charge in [0, 0.05) is 30.9 Å². The number of carbonyl (C=O) groups excluding carboxylic acids is 1. The maximum Gasteiger partial charge on any atom is 0.330 e. The SMILES string of the molecule is CCn1c(=O)n([C@@H]2CCN(C(=O)Cc3ccc(Cl)cc3)C2)c2ncccc21. The highest BCUT2D eigenvalue weighted by atomic mass is 35.5. The standard InChI is InChI=1S/C20H21ClN4O2/c1-2-24-17-4-3-10-22-19(17)25(20(24)27)16-9-11-23(13-16)18(26)12-14-5-7-15(21)8-6-14/h3-8,10,16H,2,9,11-13H2,1H3/t16-/m1/s1. The van der Waals surface area contributed by atoms with Crippen LogP contribution in [0.3, 0.4) is 0 Å². The molecule has 1 aliphatic heterocycles. The number of halogens is 1. The van der Waals surface area contributed by atoms with Crippen LogP contribution in [0, 0.1) is 0 Å². The van der Waals surface area contributed by atoms with Crippen LogP contribution in [0.25, 0.3) is 11.2 Å². The van der Waals surface area contributed by atoms with Crippen molar-refractivity contribution in [3.63, 3.8) is 0 Å². The molecule has 0 unspecified atom stereocenters. The van der Waals surface area contributed by atoms with E-state index in [9.17, 15) is 9.59 Å². The number of pyridine rings is 1. The molecule has 6 nitrogen and oxygen atoms in total. The van der Waals surface area contributed by atoms with E-state index in [1.54, 1.807) is 27.5 Å². The molecule has 7 heteroatoms. The number of benzene rings is 1. The molecule has 0 aliphatic carbocycles. The Bertz CT molecular complexity index is 1040. The Morgan fingerprint density at radius 3 is 2.78 bits per heavy atom. The third-order valence-electron chi connectivity index (χ3n) is 5.19. The van der Waals surface area contributed by atoms with E-state index in [0.717, 1.165) is 17.5 Å². The lowest BCUT2D eigenvalue weighted by molar-refractivity contribution is -0.129. The fourth-order valence-corrected chi connectivity index (χ4v) is 3.94. The zero-order valence-corrected chi connectivity index (χ0v) is 15.9. The molecule has 1 atom stereocenters. The van der Waals surface area contributed by atoms with Crippen LogP contribution < -0.4 is 5.69 Å². The Morgan fingerprint density at radius 2 is 2.04 bits per heavy atom. The fourth-order valence-electron chi connectivity index (χ4n) is 3.81. The maximum absolute atomic E-state index is 12.9. The molecule has 0 radical (unpaired) electrons. The molecule has 1 fully saturated rings. The highest BCUT2D eigenvalue weighted by Gasteiger charge is 2.30. The number of fused-ring (bicyclic) bond motifs is 1. The molecule has 2 aromatic heterocycles. The van der Waals surface area contributed by atoms with Gasteiger partial charge in [0.2, 0.25) is 5.91 Å². The summed E-state index contributed by atoms with van der Waals surface area (Å²) in [6, 6.07) is 11.0. The second-order valence-electron chi connectivity index (χ2n) is 6.83. The van der Waals surface area contributed by atoms with Crippen molar-refractivity contribution < 1.29 is 4.79 Å². The molecule has 0 bridgehead atoms. The molecular weight excluding hydrogens is 364 g/mol. The van der Waals surface area contributed by atoms with Gasteiger partial charge in [0.1, 0.15) is 0 Å². The first-order valence-corrected chi connectivity index (χ1v) is 9.54. The fraction of sp³-hybridized carbons (Fsp3) is 0.350. The monoisotopic (exact) mass is 384 g/mol. The van der Waals surface area contributed by atoms with E-state index in [1.807, 2.05) is 36.1 Å². The van der Waals surface area contributed by atoms with Crippen molar-refractivity contribution in [3.05, 3.63) is 63.7 Å². The van der Waals surface area contributed by atoms with Crippen LogP contribution in [-0.4, -0.2) is 38.0 Å². The van der Waals surface area contributed by atoms with E-state index >= 15 is 0 Å². The average Bonchev–Trinajstić information content (AvgIpc) is 3.25. The highest BCUT2D eigenvalue weighted by molar-refractivity contribution is 6.30. The van der Waals surface area contributed by atoms with Crippen LogP contribution in [0.1, 0.15) is 24.9 Å². The molecule has 4 rings (SSSR count). The smallest absolute Gasteiger partial charge is 0.330 e. The van der Waals surface area contributed by atoms with Gasteiger partial charge in [-0.25, -0.2) is 9.78 Å². The summed E-state index contributed by atoms with van der Waals surface area (Å²) in [7, 11) is 0. The van der Waals surface area contributed by atoms with Gasteiger partial charge in [-0.05, 0) is 43.2 Å². The molecule has 1 aromatic carbocycles. The van der Waals surface area contributed by atoms with Gasteiger partial charge < -0.3 is 4.90 Å². The summed E-state index contributed by atoms with van der Waals surface area (Å²) in [4.78, 5) is 31.8. The zero-order valence-electron chi connectivity index (χ0n) is 15.1. The van der Waals surface area contributed by atoms with E-state index in [1.165, 1.54) is 0 Å². The maximum atomic E-state index is 12.9. The summed E-state index contributed by atoms with van der Waals surface area (Å²) < 4.78 is 3.49. The van der Waals surface area contributed by atoms with Gasteiger partial charge in [-0.1, -0.05) is 23.7 Å². The lowest BCUT2D eigenvalue weighted by Gasteiger charge is -2.17. The van der Waals surface area contributed by atoms with Gasteiger partial charge in [0.25, 0.3) is 0 Å². The van der Waals surface area contributed by atoms with Crippen molar-refractivity contribution in [1.29, 1.82) is 0 Å². The van der Waals surface area contributed by atoms with E-state index in [2.05, 4.69) is 4.98 Å². The molecule has 1 aliphatic rings. The van der Waals surface area contributed by atoms with Gasteiger partial charge in [-0.3, -0.25) is 13.9 Å². The van der Waals surface area contributed by atoms with Gasteiger partial charge in [0.15, 0.2) is 5.65 Å². The predicted octanol–water partition coefficient (Wildman–Crippen LogP) is 2.89. The van der Waals surface area contributed by atoms with Crippen molar-refractivity contribution >= 4 is 28.7 Å². The molecule has 27 heavy (non-hydrogen) atoms. The van der Waals surface area contributed by atoms with E-state index in [-0.39, 0.29) is 17.6 Å². The lowest BCUT2D eigenvalue weighted by atomic mass is 10.1. The summed E-state index contributed by atoms with van der Waals surface area (Å²) in [6.45, 7) is 3.73. The molecular formula is C20H21ClN4O2. The van der Waals surface area contributed by atoms with Crippen molar-refractivity contribution in [2.45, 2.75) is 32.4 Å². The summed E-state index contributed by atoms with van der Waals surface area (Å²) in [5.41, 5.74) is 2.43. The lowest BCUT2D eigenvalue weighted by Crippen LogP contribution is -2.33. The molecule has 0 N–H and O–H groups in total. The first kappa shape index (κ1) is 17.8. The minimum Gasteiger partial charge on any atom is -0.340 e. The number of amides is 1. The van der Waals surface area contributed by atoms with E-state index in [4.69, 9.17) is 11.6 Å². The Hall–Kier alpha value is -2.60. The first-order chi connectivity index (χ1) is 13.1. The van der Waals surface area contributed by atoms with Crippen molar-refractivity contribution in [2.24, 2.45) is 0 Å². The number of carbonyl (C=O) groups is 1. The molecule has 1 saturated heterocycles. The number of imidazole rings is 1. The van der Waals surface area contributed by atoms with Crippen molar-refractivity contribution in [1.82, 2.24) is 19.0 Å². The number of rotatable bonds is 4. The quantitative estimate of drug-likeness (QED) is 0.695. The van der Waals surface area contributed by atoms with Crippen LogP contribution in [0.4, 0.5) is 0 Å². The second kappa shape index (κ2) is 7.19. The normalized spacial score (nSPS) is 17.0. The van der Waals surface area contributed by atoms with Crippen LogP contribution in [0.5, 0.6) is 0 Å². The highest BCUT2D eigenvalue weighted by Crippen LogP contribution is 2.25. The van der Waals surface area contributed by atoms with Crippen molar-refractivity contribution in [3.8, 4) is 0 Å². The topological polar surface area (TPSA) is 60.1 Å². The first-order valence-electron chi connectivity index (χ1n) is 9.16. The molecule has 3 aromatic rings. The van der Waals surface area contributed by atoms with Crippen LogP contribution in [-0.2, 0) is 17.8 Å². The molecule has 3 heterocycles. The molecule has 140 valence electrons. The minimum absolute atomic E-state index is 0.0446. The number of likely N-dealkylation sites (tertiary alicyclic amines) is 1. The largest absolute Gasteiger partial charge is 0.340 e. The number of aryl methyl sites for hydroxylation is 1. The summed E-state index contributed by atoms with van der Waals surface area (Å²) >= 11 is 5.90.